The molecule has 0 saturated heterocycles. The summed E-state index contributed by atoms with van der Waals surface area (Å²) in [5.41, 5.74) is -0.363. The summed E-state index contributed by atoms with van der Waals surface area (Å²) in [5, 5.41) is 3.99. The summed E-state index contributed by atoms with van der Waals surface area (Å²) in [4.78, 5) is 24.5. The second-order valence-electron chi connectivity index (χ2n) is 8.30. The van der Waals surface area contributed by atoms with Crippen LogP contribution in [0, 0.1) is 11.2 Å². The first-order chi connectivity index (χ1) is 14.7. The van der Waals surface area contributed by atoms with Crippen molar-refractivity contribution in [3.63, 3.8) is 0 Å². The number of rotatable bonds is 9. The van der Waals surface area contributed by atoms with E-state index in [1.807, 2.05) is 0 Å². The van der Waals surface area contributed by atoms with Gasteiger partial charge in [-0.3, -0.25) is 9.59 Å². The van der Waals surface area contributed by atoms with Gasteiger partial charge in [0.2, 0.25) is 0 Å². The Balaban J connectivity index is 1.18. The van der Waals surface area contributed by atoms with E-state index in [4.69, 9.17) is 44.3 Å². The van der Waals surface area contributed by atoms with E-state index in [2.05, 4.69) is 5.32 Å². The van der Waals surface area contributed by atoms with Crippen molar-refractivity contribution in [2.24, 2.45) is 5.41 Å². The molecule has 0 heterocycles. The highest BCUT2D eigenvalue weighted by atomic mass is 35.5. The van der Waals surface area contributed by atoms with Crippen LogP contribution in [0.2, 0.25) is 15.1 Å². The highest BCUT2D eigenvalue weighted by Gasteiger charge is 2.68. The van der Waals surface area contributed by atoms with Gasteiger partial charge in [-0.2, -0.15) is 0 Å². The van der Waals surface area contributed by atoms with E-state index in [0.29, 0.717) is 22.2 Å². The predicted octanol–water partition coefficient (Wildman–Crippen LogP) is 5.24. The zero-order valence-electron chi connectivity index (χ0n) is 16.4. The first kappa shape index (κ1) is 22.2. The average molecular weight is 487 g/mol. The van der Waals surface area contributed by atoms with Crippen LogP contribution in [0.15, 0.2) is 36.4 Å². The zero-order valence-corrected chi connectivity index (χ0v) is 18.6. The molecule has 0 aliphatic heterocycles. The Kier molecular flexibility index (Phi) is 6.08. The highest BCUT2D eigenvalue weighted by Crippen LogP contribution is 2.69. The smallest absolute Gasteiger partial charge is 0.258 e. The van der Waals surface area contributed by atoms with Crippen molar-refractivity contribution in [2.75, 3.05) is 13.2 Å². The van der Waals surface area contributed by atoms with Gasteiger partial charge in [0.05, 0.1) is 10.0 Å². The van der Waals surface area contributed by atoms with Gasteiger partial charge < -0.3 is 14.8 Å². The molecule has 0 atom stereocenters. The van der Waals surface area contributed by atoms with Crippen molar-refractivity contribution in [2.45, 2.75) is 31.2 Å². The fourth-order valence-electron chi connectivity index (χ4n) is 4.59. The number of hydrogen-bond acceptors (Lipinski definition) is 4. The van der Waals surface area contributed by atoms with E-state index >= 15 is 0 Å². The van der Waals surface area contributed by atoms with Crippen molar-refractivity contribution in [1.82, 2.24) is 5.32 Å². The molecule has 9 heteroatoms. The Morgan fingerprint density at radius 3 is 2.39 bits per heavy atom. The van der Waals surface area contributed by atoms with Gasteiger partial charge >= 0.3 is 0 Å². The molecule has 5 rings (SSSR count). The third-order valence-corrected chi connectivity index (χ3v) is 6.63. The summed E-state index contributed by atoms with van der Waals surface area (Å²) in [6.07, 6.45) is 2.61. The van der Waals surface area contributed by atoms with E-state index < -0.39 is 5.82 Å². The lowest BCUT2D eigenvalue weighted by atomic mass is 9.38. The first-order valence-electron chi connectivity index (χ1n) is 9.66. The number of ketones is 1. The van der Waals surface area contributed by atoms with Gasteiger partial charge in [-0.15, -0.1) is 0 Å². The van der Waals surface area contributed by atoms with E-state index in [1.165, 1.54) is 12.1 Å². The summed E-state index contributed by atoms with van der Waals surface area (Å²) in [7, 11) is 0. The van der Waals surface area contributed by atoms with Crippen LogP contribution in [0.1, 0.15) is 25.7 Å². The van der Waals surface area contributed by atoms with Crippen LogP contribution in [0.4, 0.5) is 4.39 Å². The van der Waals surface area contributed by atoms with Crippen molar-refractivity contribution >= 4 is 46.5 Å². The third-order valence-electron chi connectivity index (χ3n) is 5.66. The number of benzene rings is 2. The third kappa shape index (κ3) is 4.92. The number of carbonyl (C=O) groups is 2. The zero-order chi connectivity index (χ0) is 22.2. The summed E-state index contributed by atoms with van der Waals surface area (Å²) < 4.78 is 24.4. The Morgan fingerprint density at radius 2 is 1.71 bits per heavy atom. The SMILES string of the molecule is O=C(COc1ccc(Cl)c(Cl)c1)CC12CC(NC(=O)COc3ccc(Cl)cc3F)(C1)C2. The number of ether oxygens (including phenoxy) is 2. The largest absolute Gasteiger partial charge is 0.486 e. The summed E-state index contributed by atoms with van der Waals surface area (Å²) >= 11 is 17.5. The minimum Gasteiger partial charge on any atom is -0.486 e. The molecular formula is C22H19Cl3FNO4. The van der Waals surface area contributed by atoms with Gasteiger partial charge in [-0.1, -0.05) is 34.8 Å². The summed E-state index contributed by atoms with van der Waals surface area (Å²) in [5.74, 6) is -0.488. The molecule has 0 spiro atoms. The fourth-order valence-corrected chi connectivity index (χ4v) is 5.03. The van der Waals surface area contributed by atoms with E-state index in [0.717, 1.165) is 25.3 Å². The Labute approximate surface area is 193 Å². The summed E-state index contributed by atoms with van der Waals surface area (Å²) in [6.45, 7) is -0.330. The standard InChI is InChI=1S/C22H19Cl3FNO4/c23-13-1-4-19(18(26)5-13)31-9-20(29)27-22-10-21(11-22,12-22)7-14(28)8-30-15-2-3-16(24)17(25)6-15/h1-6H,7-12H2,(H,27,29). The molecule has 3 saturated carbocycles. The Morgan fingerprint density at radius 1 is 0.968 bits per heavy atom. The highest BCUT2D eigenvalue weighted by molar-refractivity contribution is 6.42. The minimum absolute atomic E-state index is 0.00718. The van der Waals surface area contributed by atoms with Crippen LogP contribution < -0.4 is 14.8 Å². The van der Waals surface area contributed by atoms with Crippen LogP contribution >= 0.6 is 34.8 Å². The van der Waals surface area contributed by atoms with Crippen LogP contribution in [0.5, 0.6) is 11.5 Å². The molecule has 1 N–H and O–H groups in total. The molecule has 164 valence electrons. The molecule has 31 heavy (non-hydrogen) atoms. The lowest BCUT2D eigenvalue weighted by Gasteiger charge is -2.70. The lowest BCUT2D eigenvalue weighted by molar-refractivity contribution is -0.173. The van der Waals surface area contributed by atoms with Crippen LogP contribution in [-0.4, -0.2) is 30.4 Å². The van der Waals surface area contributed by atoms with Gasteiger partial charge in [-0.25, -0.2) is 4.39 Å². The quantitative estimate of drug-likeness (QED) is 0.526. The average Bonchev–Trinajstić information content (AvgIpc) is 2.65. The van der Waals surface area contributed by atoms with Crippen molar-refractivity contribution in [3.05, 3.63) is 57.3 Å². The van der Waals surface area contributed by atoms with Gasteiger partial charge in [-0.05, 0) is 55.0 Å². The molecular weight excluding hydrogens is 468 g/mol. The van der Waals surface area contributed by atoms with Crippen LogP contribution in [-0.2, 0) is 9.59 Å². The number of carbonyl (C=O) groups excluding carboxylic acids is 2. The maximum absolute atomic E-state index is 13.7. The molecule has 2 bridgehead atoms. The number of amides is 1. The molecule has 5 nitrogen and oxygen atoms in total. The molecule has 0 aromatic heterocycles. The number of nitrogens with one attached hydrogen (secondary N) is 1. The van der Waals surface area contributed by atoms with Gasteiger partial charge in [0, 0.05) is 23.0 Å². The molecule has 3 aliphatic rings. The first-order valence-corrected chi connectivity index (χ1v) is 10.8. The summed E-state index contributed by atoms with van der Waals surface area (Å²) in [6, 6.07) is 8.84. The molecule has 3 fully saturated rings. The predicted molar refractivity (Wildman–Crippen MR) is 116 cm³/mol. The van der Waals surface area contributed by atoms with Gasteiger partial charge in [0.25, 0.3) is 5.91 Å². The van der Waals surface area contributed by atoms with E-state index in [1.54, 1.807) is 18.2 Å². The maximum Gasteiger partial charge on any atom is 0.258 e. The minimum atomic E-state index is -0.619. The Bertz CT molecular complexity index is 1030. The monoisotopic (exact) mass is 485 g/mol. The van der Waals surface area contributed by atoms with Crippen molar-refractivity contribution in [1.29, 1.82) is 0 Å². The molecule has 2 aromatic carbocycles. The number of Topliss-reactive ketones (excluding diaryl/α,β-unsaturated/α-hetero) is 1. The maximum atomic E-state index is 13.7. The second-order valence-corrected chi connectivity index (χ2v) is 9.55. The van der Waals surface area contributed by atoms with Crippen LogP contribution in [0.3, 0.4) is 0 Å². The lowest BCUT2D eigenvalue weighted by Crippen LogP contribution is -2.75. The Hall–Kier alpha value is -2.02. The normalized spacial score (nSPS) is 23.4. The molecule has 1 amide bonds. The second kappa shape index (κ2) is 8.49. The number of halogens is 4. The molecule has 2 aromatic rings. The van der Waals surface area contributed by atoms with Gasteiger partial charge in [0.15, 0.2) is 24.0 Å². The number of hydrogen-bond donors (Lipinski definition) is 1. The molecule has 3 aliphatic carbocycles. The topological polar surface area (TPSA) is 64.6 Å². The van der Waals surface area contributed by atoms with Gasteiger partial charge in [0.1, 0.15) is 12.4 Å². The molecule has 0 unspecified atom stereocenters. The van der Waals surface area contributed by atoms with E-state index in [9.17, 15) is 14.0 Å². The van der Waals surface area contributed by atoms with E-state index in [-0.39, 0.29) is 46.6 Å². The van der Waals surface area contributed by atoms with Crippen molar-refractivity contribution in [3.8, 4) is 11.5 Å². The fraction of sp³-hybridized carbons (Fsp3) is 0.364. The van der Waals surface area contributed by atoms with Crippen molar-refractivity contribution < 1.29 is 23.5 Å². The van der Waals surface area contributed by atoms with Crippen LogP contribution in [0.25, 0.3) is 0 Å². The molecule has 0 radical (unpaired) electrons.